The topological polar surface area (TPSA) is 99.9 Å². The molecule has 3 rings (SSSR count). The predicted octanol–water partition coefficient (Wildman–Crippen LogP) is 3.01. The third-order valence-corrected chi connectivity index (χ3v) is 4.45. The summed E-state index contributed by atoms with van der Waals surface area (Å²) in [5, 5.41) is 18.5. The number of carbonyl (C=O) groups excluding carboxylic acids is 1. The first-order valence-corrected chi connectivity index (χ1v) is 7.70. The highest BCUT2D eigenvalue weighted by atomic mass is 16.5. The van der Waals surface area contributed by atoms with E-state index in [1.807, 2.05) is 13.8 Å². The van der Waals surface area contributed by atoms with Crippen LogP contribution in [0.2, 0.25) is 0 Å². The molecule has 1 unspecified atom stereocenters. The van der Waals surface area contributed by atoms with Crippen molar-refractivity contribution in [2.24, 2.45) is 11.1 Å². The molecule has 1 aromatic rings. The molecule has 1 heterocycles. The SMILES string of the molecule is CC1(C)CC(=O)C2=C(C1)OC(N)=C(C#N)C2c1ccc(C#N)cc1. The van der Waals surface area contributed by atoms with Crippen LogP contribution in [0.4, 0.5) is 0 Å². The molecule has 1 aliphatic heterocycles. The largest absolute Gasteiger partial charge is 0.444 e. The molecule has 1 atom stereocenters. The summed E-state index contributed by atoms with van der Waals surface area (Å²) in [6.07, 6.45) is 1.00. The van der Waals surface area contributed by atoms with Crippen molar-refractivity contribution in [3.05, 3.63) is 58.2 Å². The first-order chi connectivity index (χ1) is 11.4. The van der Waals surface area contributed by atoms with Gasteiger partial charge in [-0.25, -0.2) is 0 Å². The number of allylic oxidation sites excluding steroid dienone is 3. The number of nitrogens with two attached hydrogens (primary N) is 1. The number of nitrogens with zero attached hydrogens (tertiary/aromatic N) is 2. The van der Waals surface area contributed by atoms with E-state index in [2.05, 4.69) is 12.1 Å². The van der Waals surface area contributed by atoms with Gasteiger partial charge in [0.05, 0.1) is 17.6 Å². The average molecular weight is 319 g/mol. The van der Waals surface area contributed by atoms with Gasteiger partial charge in [0.2, 0.25) is 5.88 Å². The zero-order chi connectivity index (χ0) is 17.5. The molecule has 0 aromatic heterocycles. The van der Waals surface area contributed by atoms with Crippen molar-refractivity contribution in [2.45, 2.75) is 32.6 Å². The normalized spacial score (nSPS) is 22.3. The number of rotatable bonds is 1. The van der Waals surface area contributed by atoms with E-state index < -0.39 is 5.92 Å². The Labute approximate surface area is 140 Å². The first-order valence-electron chi connectivity index (χ1n) is 7.70. The highest BCUT2D eigenvalue weighted by molar-refractivity contribution is 6.00. The van der Waals surface area contributed by atoms with Gasteiger partial charge in [0.25, 0.3) is 0 Å². The number of ketones is 1. The van der Waals surface area contributed by atoms with Gasteiger partial charge >= 0.3 is 0 Å². The summed E-state index contributed by atoms with van der Waals surface area (Å²) in [6.45, 7) is 4.02. The third kappa shape index (κ3) is 2.55. The minimum Gasteiger partial charge on any atom is -0.444 e. The number of ether oxygens (including phenoxy) is 1. The fraction of sp³-hybridized carbons (Fsp3) is 0.316. The van der Waals surface area contributed by atoms with E-state index in [9.17, 15) is 10.1 Å². The van der Waals surface area contributed by atoms with Crippen LogP contribution >= 0.6 is 0 Å². The van der Waals surface area contributed by atoms with Crippen LogP contribution in [0.5, 0.6) is 0 Å². The Hall–Kier alpha value is -3.05. The number of benzene rings is 1. The standard InChI is InChI=1S/C19H17N3O2/c1-19(2)7-14(23)17-15(8-19)24-18(22)13(10-21)16(17)12-5-3-11(9-20)4-6-12/h3-6,16H,7-8,22H2,1-2H3. The summed E-state index contributed by atoms with van der Waals surface area (Å²) >= 11 is 0. The number of Topliss-reactive ketones (excluding diaryl/α,β-unsaturated/α-hetero) is 1. The minimum atomic E-state index is -0.532. The van der Waals surface area contributed by atoms with Crippen molar-refractivity contribution in [3.63, 3.8) is 0 Å². The van der Waals surface area contributed by atoms with E-state index in [1.165, 1.54) is 0 Å². The monoisotopic (exact) mass is 319 g/mol. The fourth-order valence-electron chi connectivity index (χ4n) is 3.37. The van der Waals surface area contributed by atoms with Crippen LogP contribution in [0.25, 0.3) is 0 Å². The zero-order valence-corrected chi connectivity index (χ0v) is 13.6. The second-order valence-corrected chi connectivity index (χ2v) is 6.94. The maximum atomic E-state index is 12.8. The quantitative estimate of drug-likeness (QED) is 0.857. The summed E-state index contributed by atoms with van der Waals surface area (Å²) in [7, 11) is 0. The van der Waals surface area contributed by atoms with Gasteiger partial charge in [0.15, 0.2) is 5.78 Å². The summed E-state index contributed by atoms with van der Waals surface area (Å²) in [5.41, 5.74) is 7.79. The van der Waals surface area contributed by atoms with Crippen molar-refractivity contribution in [3.8, 4) is 12.1 Å². The van der Waals surface area contributed by atoms with Crippen molar-refractivity contribution >= 4 is 5.78 Å². The fourth-order valence-corrected chi connectivity index (χ4v) is 3.37. The lowest BCUT2D eigenvalue weighted by atomic mass is 9.70. The Kier molecular flexibility index (Phi) is 3.66. The van der Waals surface area contributed by atoms with E-state index in [-0.39, 0.29) is 22.7 Å². The van der Waals surface area contributed by atoms with Crippen LogP contribution in [0, 0.1) is 28.1 Å². The lowest BCUT2D eigenvalue weighted by molar-refractivity contribution is -0.119. The Morgan fingerprint density at radius 3 is 2.42 bits per heavy atom. The highest BCUT2D eigenvalue weighted by Gasteiger charge is 2.42. The van der Waals surface area contributed by atoms with E-state index in [0.717, 1.165) is 5.56 Å². The molecule has 5 nitrogen and oxygen atoms in total. The molecule has 0 saturated carbocycles. The van der Waals surface area contributed by atoms with Crippen LogP contribution in [-0.2, 0) is 9.53 Å². The predicted molar refractivity (Wildman–Crippen MR) is 86.9 cm³/mol. The van der Waals surface area contributed by atoms with E-state index in [4.69, 9.17) is 15.7 Å². The zero-order valence-electron chi connectivity index (χ0n) is 13.6. The van der Waals surface area contributed by atoms with Crippen LogP contribution in [0.15, 0.2) is 47.1 Å². The second kappa shape index (κ2) is 5.54. The van der Waals surface area contributed by atoms with Gasteiger partial charge in [0, 0.05) is 18.4 Å². The lowest BCUT2D eigenvalue weighted by Gasteiger charge is -2.37. The molecule has 0 radical (unpaired) electrons. The number of hydrogen-bond donors (Lipinski definition) is 1. The van der Waals surface area contributed by atoms with Crippen LogP contribution in [0.3, 0.4) is 0 Å². The second-order valence-electron chi connectivity index (χ2n) is 6.94. The molecule has 120 valence electrons. The van der Waals surface area contributed by atoms with Gasteiger partial charge < -0.3 is 10.5 Å². The van der Waals surface area contributed by atoms with Gasteiger partial charge in [-0.1, -0.05) is 26.0 Å². The maximum Gasteiger partial charge on any atom is 0.205 e. The molecule has 0 fully saturated rings. The summed E-state index contributed by atoms with van der Waals surface area (Å²) in [4.78, 5) is 12.8. The molecule has 1 aliphatic carbocycles. The molecule has 0 spiro atoms. The number of nitriles is 2. The summed E-state index contributed by atoms with van der Waals surface area (Å²) in [6, 6.07) is 11.0. The average Bonchev–Trinajstić information content (AvgIpc) is 2.52. The molecule has 0 bridgehead atoms. The molecule has 24 heavy (non-hydrogen) atoms. The van der Waals surface area contributed by atoms with Crippen LogP contribution in [-0.4, -0.2) is 5.78 Å². The van der Waals surface area contributed by atoms with Crippen molar-refractivity contribution in [1.82, 2.24) is 0 Å². The van der Waals surface area contributed by atoms with Crippen molar-refractivity contribution in [1.29, 1.82) is 10.5 Å². The van der Waals surface area contributed by atoms with Gasteiger partial charge in [-0.05, 0) is 23.1 Å². The molecule has 0 saturated heterocycles. The Balaban J connectivity index is 2.16. The Bertz CT molecular complexity index is 861. The van der Waals surface area contributed by atoms with Crippen LogP contribution in [0.1, 0.15) is 43.7 Å². The summed E-state index contributed by atoms with van der Waals surface area (Å²) in [5.74, 6) is 0.0594. The number of hydrogen-bond acceptors (Lipinski definition) is 5. The van der Waals surface area contributed by atoms with Gasteiger partial charge in [-0.2, -0.15) is 10.5 Å². The van der Waals surface area contributed by atoms with E-state index >= 15 is 0 Å². The van der Waals surface area contributed by atoms with E-state index in [0.29, 0.717) is 29.7 Å². The Morgan fingerprint density at radius 2 is 1.83 bits per heavy atom. The molecule has 2 aliphatic rings. The molecule has 0 amide bonds. The highest BCUT2D eigenvalue weighted by Crippen LogP contribution is 2.47. The van der Waals surface area contributed by atoms with Gasteiger partial charge in [-0.3, -0.25) is 4.79 Å². The molecular formula is C19H17N3O2. The number of carbonyl (C=O) groups is 1. The molecule has 2 N–H and O–H groups in total. The smallest absolute Gasteiger partial charge is 0.205 e. The Morgan fingerprint density at radius 1 is 1.17 bits per heavy atom. The van der Waals surface area contributed by atoms with Gasteiger partial charge in [-0.15, -0.1) is 0 Å². The molecular weight excluding hydrogens is 302 g/mol. The van der Waals surface area contributed by atoms with Crippen LogP contribution < -0.4 is 5.73 Å². The van der Waals surface area contributed by atoms with E-state index in [1.54, 1.807) is 24.3 Å². The van der Waals surface area contributed by atoms with Crippen molar-refractivity contribution in [2.75, 3.05) is 0 Å². The maximum absolute atomic E-state index is 12.8. The third-order valence-electron chi connectivity index (χ3n) is 4.45. The van der Waals surface area contributed by atoms with Gasteiger partial charge in [0.1, 0.15) is 17.4 Å². The first kappa shape index (κ1) is 15.8. The summed E-state index contributed by atoms with van der Waals surface area (Å²) < 4.78 is 5.64. The lowest BCUT2D eigenvalue weighted by Crippen LogP contribution is -2.33. The minimum absolute atomic E-state index is 0.0177. The van der Waals surface area contributed by atoms with Crippen molar-refractivity contribution < 1.29 is 9.53 Å². The molecule has 5 heteroatoms. The molecule has 1 aromatic carbocycles.